The van der Waals surface area contributed by atoms with E-state index in [1.807, 2.05) is 12.1 Å². The molecule has 0 saturated carbocycles. The largest absolute Gasteiger partial charge is 0.391 e. The normalized spacial score (nSPS) is 12.7. The molecule has 0 unspecified atom stereocenters. The van der Waals surface area contributed by atoms with Crippen molar-refractivity contribution < 1.29 is 19.8 Å². The molecule has 0 aliphatic heterocycles. The molecule has 6 heteroatoms. The Labute approximate surface area is 145 Å². The highest BCUT2D eigenvalue weighted by atomic mass is 16.3. The van der Waals surface area contributed by atoms with Gasteiger partial charge in [-0.25, -0.2) is 0 Å². The fourth-order valence-corrected chi connectivity index (χ4v) is 2.34. The number of nitrogens with zero attached hydrogens (tertiary/aromatic N) is 1. The van der Waals surface area contributed by atoms with E-state index >= 15 is 0 Å². The molecule has 1 amide bonds. The maximum atomic E-state index is 12.2. The molecule has 0 bridgehead atoms. The molecule has 128 valence electrons. The minimum absolute atomic E-state index is 0.328. The number of nitrogens with one attached hydrogen (secondary N) is 1. The average Bonchev–Trinajstić information content (AvgIpc) is 2.65. The van der Waals surface area contributed by atoms with E-state index in [0.717, 1.165) is 11.1 Å². The average molecular weight is 338 g/mol. The molecule has 0 spiro atoms. The number of Topliss-reactive ketones (excluding diaryl/α,β-unsaturated/α-hetero) is 1. The number of ketones is 1. The van der Waals surface area contributed by atoms with Gasteiger partial charge in [0, 0.05) is 5.56 Å². The van der Waals surface area contributed by atoms with E-state index in [9.17, 15) is 14.7 Å². The molecule has 0 heterocycles. The smallest absolute Gasteiger partial charge is 0.251 e. The van der Waals surface area contributed by atoms with Crippen LogP contribution in [-0.4, -0.2) is 40.7 Å². The Morgan fingerprint density at radius 2 is 1.60 bits per heavy atom. The zero-order valence-electron chi connectivity index (χ0n) is 13.6. The maximum absolute atomic E-state index is 12.2. The number of carbonyl (C=O) groups is 2. The van der Waals surface area contributed by atoms with Gasteiger partial charge in [0.2, 0.25) is 0 Å². The maximum Gasteiger partial charge on any atom is 0.251 e. The molecule has 2 atom stereocenters. The Kier molecular flexibility index (Phi) is 6.01. The van der Waals surface area contributed by atoms with E-state index < -0.39 is 30.4 Å². The first-order valence-electron chi connectivity index (χ1n) is 7.69. The first kappa shape index (κ1) is 18.3. The van der Waals surface area contributed by atoms with Crippen molar-refractivity contribution in [2.75, 3.05) is 6.61 Å². The van der Waals surface area contributed by atoms with Crippen molar-refractivity contribution in [2.45, 2.75) is 19.1 Å². The SMILES string of the molecule is C[C@@H](O)[C@H](NC(=O)c1ccc(-c2ccc(C#N)cc2)cc1)C(=O)CO. The van der Waals surface area contributed by atoms with Gasteiger partial charge in [0.15, 0.2) is 5.78 Å². The summed E-state index contributed by atoms with van der Waals surface area (Å²) < 4.78 is 0. The lowest BCUT2D eigenvalue weighted by molar-refractivity contribution is -0.125. The zero-order valence-corrected chi connectivity index (χ0v) is 13.6. The molecule has 2 aromatic carbocycles. The first-order valence-corrected chi connectivity index (χ1v) is 7.69. The van der Waals surface area contributed by atoms with Gasteiger partial charge in [-0.2, -0.15) is 5.26 Å². The van der Waals surface area contributed by atoms with Crippen LogP contribution >= 0.6 is 0 Å². The van der Waals surface area contributed by atoms with Gasteiger partial charge in [-0.05, 0) is 42.3 Å². The molecule has 2 rings (SSSR count). The Morgan fingerprint density at radius 1 is 1.08 bits per heavy atom. The van der Waals surface area contributed by atoms with Gasteiger partial charge in [0.1, 0.15) is 12.6 Å². The van der Waals surface area contributed by atoms with Crippen LogP contribution in [0.4, 0.5) is 0 Å². The van der Waals surface area contributed by atoms with Crippen LogP contribution in [0.5, 0.6) is 0 Å². The highest BCUT2D eigenvalue weighted by Gasteiger charge is 2.25. The summed E-state index contributed by atoms with van der Waals surface area (Å²) in [6.45, 7) is 0.611. The lowest BCUT2D eigenvalue weighted by atomic mass is 10.0. The monoisotopic (exact) mass is 338 g/mol. The molecule has 0 fully saturated rings. The van der Waals surface area contributed by atoms with Gasteiger partial charge in [-0.15, -0.1) is 0 Å². The van der Waals surface area contributed by atoms with Crippen molar-refractivity contribution in [3.8, 4) is 17.2 Å². The van der Waals surface area contributed by atoms with E-state index in [1.54, 1.807) is 36.4 Å². The van der Waals surface area contributed by atoms with Gasteiger partial charge < -0.3 is 15.5 Å². The predicted octanol–water partition coefficient (Wildman–Crippen LogP) is 1.27. The second kappa shape index (κ2) is 8.20. The van der Waals surface area contributed by atoms with E-state index in [2.05, 4.69) is 11.4 Å². The lowest BCUT2D eigenvalue weighted by Gasteiger charge is -2.19. The molecule has 0 aliphatic carbocycles. The fraction of sp³-hybridized carbons (Fsp3) is 0.211. The van der Waals surface area contributed by atoms with Crippen LogP contribution in [0.1, 0.15) is 22.8 Å². The topological polar surface area (TPSA) is 110 Å². The van der Waals surface area contributed by atoms with Gasteiger partial charge in [-0.1, -0.05) is 24.3 Å². The van der Waals surface area contributed by atoms with Crippen LogP contribution < -0.4 is 5.32 Å². The van der Waals surface area contributed by atoms with E-state index in [1.165, 1.54) is 6.92 Å². The lowest BCUT2D eigenvalue weighted by Crippen LogP contribution is -2.48. The van der Waals surface area contributed by atoms with Gasteiger partial charge >= 0.3 is 0 Å². The third kappa shape index (κ3) is 4.51. The van der Waals surface area contributed by atoms with Gasteiger partial charge in [0.25, 0.3) is 5.91 Å². The third-order valence-electron chi connectivity index (χ3n) is 3.77. The standard InChI is InChI=1S/C19H18N2O4/c1-12(23)18(17(24)11-22)21-19(25)16-8-6-15(7-9-16)14-4-2-13(10-20)3-5-14/h2-9,12,18,22-23H,11H2,1H3,(H,21,25)/t12-,18+/m1/s1. The van der Waals surface area contributed by atoms with Crippen molar-refractivity contribution in [3.05, 3.63) is 59.7 Å². The van der Waals surface area contributed by atoms with Crippen molar-refractivity contribution in [3.63, 3.8) is 0 Å². The summed E-state index contributed by atoms with van der Waals surface area (Å²) in [6, 6.07) is 14.7. The molecule has 25 heavy (non-hydrogen) atoms. The number of carbonyl (C=O) groups excluding carboxylic acids is 2. The number of rotatable bonds is 6. The number of hydrogen-bond donors (Lipinski definition) is 3. The van der Waals surface area contributed by atoms with Crippen LogP contribution in [-0.2, 0) is 4.79 Å². The van der Waals surface area contributed by atoms with Crippen molar-refractivity contribution >= 4 is 11.7 Å². The van der Waals surface area contributed by atoms with Crippen LogP contribution in [0.2, 0.25) is 0 Å². The minimum atomic E-state index is -1.16. The molecule has 2 aromatic rings. The van der Waals surface area contributed by atoms with Gasteiger partial charge in [0.05, 0.1) is 17.7 Å². The first-order chi connectivity index (χ1) is 12.0. The molecular formula is C19H18N2O4. The van der Waals surface area contributed by atoms with Crippen molar-refractivity contribution in [1.29, 1.82) is 5.26 Å². The summed E-state index contributed by atoms with van der Waals surface area (Å²) in [7, 11) is 0. The minimum Gasteiger partial charge on any atom is -0.391 e. The predicted molar refractivity (Wildman–Crippen MR) is 91.6 cm³/mol. The Bertz CT molecular complexity index is 790. The molecule has 6 nitrogen and oxygen atoms in total. The number of aliphatic hydroxyl groups excluding tert-OH is 2. The van der Waals surface area contributed by atoms with Gasteiger partial charge in [-0.3, -0.25) is 9.59 Å². The third-order valence-corrected chi connectivity index (χ3v) is 3.77. The summed E-state index contributed by atoms with van der Waals surface area (Å²) in [5, 5.41) is 29.7. The van der Waals surface area contributed by atoms with E-state index in [0.29, 0.717) is 11.1 Å². The number of aliphatic hydroxyl groups is 2. The fourth-order valence-electron chi connectivity index (χ4n) is 2.34. The molecule has 0 radical (unpaired) electrons. The quantitative estimate of drug-likeness (QED) is 0.734. The van der Waals surface area contributed by atoms with Crippen LogP contribution in [0.3, 0.4) is 0 Å². The second-order valence-corrected chi connectivity index (χ2v) is 5.58. The Balaban J connectivity index is 2.14. The van der Waals surface area contributed by atoms with Crippen LogP contribution in [0, 0.1) is 11.3 Å². The summed E-state index contributed by atoms with van der Waals surface area (Å²) in [6.07, 6.45) is -1.11. The van der Waals surface area contributed by atoms with Crippen molar-refractivity contribution in [1.82, 2.24) is 5.32 Å². The number of hydrogen-bond acceptors (Lipinski definition) is 5. The highest BCUT2D eigenvalue weighted by Crippen LogP contribution is 2.20. The molecule has 0 aliphatic rings. The highest BCUT2D eigenvalue weighted by molar-refractivity contribution is 5.98. The van der Waals surface area contributed by atoms with Crippen LogP contribution in [0.15, 0.2) is 48.5 Å². The summed E-state index contributed by atoms with van der Waals surface area (Å²) in [5.41, 5.74) is 2.68. The van der Waals surface area contributed by atoms with E-state index in [-0.39, 0.29) is 0 Å². The number of nitriles is 1. The summed E-state index contributed by atoms with van der Waals surface area (Å²) in [4.78, 5) is 23.8. The molecular weight excluding hydrogens is 320 g/mol. The zero-order chi connectivity index (χ0) is 18.4. The molecule has 3 N–H and O–H groups in total. The van der Waals surface area contributed by atoms with E-state index in [4.69, 9.17) is 10.4 Å². The summed E-state index contributed by atoms with van der Waals surface area (Å²) >= 11 is 0. The second-order valence-electron chi connectivity index (χ2n) is 5.58. The Morgan fingerprint density at radius 3 is 2.04 bits per heavy atom. The van der Waals surface area contributed by atoms with Crippen LogP contribution in [0.25, 0.3) is 11.1 Å². The molecule has 0 aromatic heterocycles. The number of amides is 1. The molecule has 0 saturated heterocycles. The van der Waals surface area contributed by atoms with Crippen molar-refractivity contribution in [2.24, 2.45) is 0 Å². The number of benzene rings is 2. The Hall–Kier alpha value is -3.01. The summed E-state index contributed by atoms with van der Waals surface area (Å²) in [5.74, 6) is -1.17.